The van der Waals surface area contributed by atoms with Gasteiger partial charge in [-0.2, -0.15) is 0 Å². The van der Waals surface area contributed by atoms with Crippen LogP contribution in [0.3, 0.4) is 0 Å². The number of nitrogens with one attached hydrogen (secondary N) is 2. The Morgan fingerprint density at radius 2 is 1.56 bits per heavy atom. The van der Waals surface area contributed by atoms with Crippen molar-refractivity contribution in [2.24, 2.45) is 0 Å². The van der Waals surface area contributed by atoms with Crippen LogP contribution >= 0.6 is 0 Å². The number of amides is 2. The summed E-state index contributed by atoms with van der Waals surface area (Å²) in [5.41, 5.74) is -0.304. The van der Waals surface area contributed by atoms with Crippen LogP contribution in [0.4, 0.5) is 10.5 Å². The summed E-state index contributed by atoms with van der Waals surface area (Å²) < 4.78 is 0. The molecule has 0 bridgehead atoms. The van der Waals surface area contributed by atoms with Crippen molar-refractivity contribution in [3.63, 3.8) is 0 Å². The fraction of sp³-hybridized carbons (Fsp3) is 0.182. The van der Waals surface area contributed by atoms with E-state index in [1.54, 1.807) is 6.92 Å². The summed E-state index contributed by atoms with van der Waals surface area (Å²) in [7, 11) is 0. The maximum atomic E-state index is 11.3. The Balaban J connectivity index is 3.07. The first-order chi connectivity index (χ1) is 8.43. The molecule has 18 heavy (non-hydrogen) atoms. The Labute approximate surface area is 102 Å². The van der Waals surface area contributed by atoms with Gasteiger partial charge in [-0.3, -0.25) is 0 Å². The number of rotatable bonds is 4. The van der Waals surface area contributed by atoms with E-state index in [0.29, 0.717) is 6.54 Å². The van der Waals surface area contributed by atoms with E-state index in [4.69, 9.17) is 10.2 Å². The van der Waals surface area contributed by atoms with E-state index in [9.17, 15) is 14.4 Å². The number of hydrogen-bond acceptors (Lipinski definition) is 3. The van der Waals surface area contributed by atoms with Crippen molar-refractivity contribution < 1.29 is 24.6 Å². The molecule has 0 aliphatic carbocycles. The Bertz CT molecular complexity index is 466. The standard InChI is InChI=1S/C11H12N2O5/c1-2-12-11(18)13-8-4-6(9(14)15)3-7(5-8)10(16)17/h3-5H,2H2,1H3,(H,14,15)(H,16,17)(H2,12,13,18). The van der Waals surface area contributed by atoms with Gasteiger partial charge in [-0.1, -0.05) is 0 Å². The molecule has 7 heteroatoms. The number of benzene rings is 1. The first-order valence-corrected chi connectivity index (χ1v) is 5.10. The summed E-state index contributed by atoms with van der Waals surface area (Å²) >= 11 is 0. The first kappa shape index (κ1) is 13.5. The minimum atomic E-state index is -1.27. The monoisotopic (exact) mass is 252 g/mol. The van der Waals surface area contributed by atoms with Crippen LogP contribution in [0.25, 0.3) is 0 Å². The summed E-state index contributed by atoms with van der Waals surface area (Å²) in [6.45, 7) is 2.12. The quantitative estimate of drug-likeness (QED) is 0.643. The third kappa shape index (κ3) is 3.48. The minimum Gasteiger partial charge on any atom is -0.478 e. The zero-order valence-corrected chi connectivity index (χ0v) is 9.56. The molecule has 0 heterocycles. The van der Waals surface area contributed by atoms with E-state index in [-0.39, 0.29) is 16.8 Å². The highest BCUT2D eigenvalue weighted by molar-refractivity contribution is 5.98. The van der Waals surface area contributed by atoms with Crippen molar-refractivity contribution in [3.8, 4) is 0 Å². The zero-order valence-electron chi connectivity index (χ0n) is 9.56. The second-order valence-corrected chi connectivity index (χ2v) is 3.39. The van der Waals surface area contributed by atoms with E-state index in [1.807, 2.05) is 0 Å². The third-order valence-electron chi connectivity index (χ3n) is 2.02. The molecule has 7 nitrogen and oxygen atoms in total. The molecular formula is C11H12N2O5. The smallest absolute Gasteiger partial charge is 0.335 e. The van der Waals surface area contributed by atoms with Crippen LogP contribution in [0.1, 0.15) is 27.6 Å². The van der Waals surface area contributed by atoms with E-state index in [2.05, 4.69) is 10.6 Å². The largest absolute Gasteiger partial charge is 0.478 e. The summed E-state index contributed by atoms with van der Waals surface area (Å²) in [5.74, 6) is -2.53. The lowest BCUT2D eigenvalue weighted by atomic mass is 10.1. The van der Waals surface area contributed by atoms with Gasteiger partial charge in [0.05, 0.1) is 11.1 Å². The number of anilines is 1. The molecule has 0 aromatic heterocycles. The van der Waals surface area contributed by atoms with Gasteiger partial charge in [0.2, 0.25) is 0 Å². The molecule has 0 saturated heterocycles. The van der Waals surface area contributed by atoms with Gasteiger partial charge in [-0.05, 0) is 25.1 Å². The molecular weight excluding hydrogens is 240 g/mol. The maximum Gasteiger partial charge on any atom is 0.335 e. The number of carbonyl (C=O) groups excluding carboxylic acids is 1. The lowest BCUT2D eigenvalue weighted by Gasteiger charge is -2.08. The first-order valence-electron chi connectivity index (χ1n) is 5.10. The predicted octanol–water partition coefficient (Wildman–Crippen LogP) is 1.22. The molecule has 2 amide bonds. The maximum absolute atomic E-state index is 11.3. The molecule has 0 unspecified atom stereocenters. The zero-order chi connectivity index (χ0) is 13.7. The Hall–Kier alpha value is -2.57. The second kappa shape index (κ2) is 5.67. The molecule has 0 aliphatic heterocycles. The fourth-order valence-electron chi connectivity index (χ4n) is 1.28. The summed E-state index contributed by atoms with van der Waals surface area (Å²) in [6, 6.07) is 2.86. The second-order valence-electron chi connectivity index (χ2n) is 3.39. The summed E-state index contributed by atoms with van der Waals surface area (Å²) in [5, 5.41) is 22.5. The van der Waals surface area contributed by atoms with Crippen LogP contribution in [0.2, 0.25) is 0 Å². The van der Waals surface area contributed by atoms with Gasteiger partial charge in [0, 0.05) is 12.2 Å². The molecule has 96 valence electrons. The van der Waals surface area contributed by atoms with Gasteiger partial charge in [-0.15, -0.1) is 0 Å². The molecule has 0 atom stereocenters. The van der Waals surface area contributed by atoms with Gasteiger partial charge >= 0.3 is 18.0 Å². The SMILES string of the molecule is CCNC(=O)Nc1cc(C(=O)O)cc(C(=O)O)c1. The number of carboxylic acids is 2. The average molecular weight is 252 g/mol. The van der Waals surface area contributed by atoms with Crippen LogP contribution in [-0.4, -0.2) is 34.7 Å². The van der Waals surface area contributed by atoms with Crippen LogP contribution in [-0.2, 0) is 0 Å². The number of hydrogen-bond donors (Lipinski definition) is 4. The predicted molar refractivity (Wildman–Crippen MR) is 63.1 cm³/mol. The molecule has 1 aromatic carbocycles. The highest BCUT2D eigenvalue weighted by Crippen LogP contribution is 2.15. The highest BCUT2D eigenvalue weighted by atomic mass is 16.4. The van der Waals surface area contributed by atoms with Crippen molar-refractivity contribution in [3.05, 3.63) is 29.3 Å². The lowest BCUT2D eigenvalue weighted by Crippen LogP contribution is -2.28. The minimum absolute atomic E-state index is 0.109. The summed E-state index contributed by atoms with van der Waals surface area (Å²) in [4.78, 5) is 32.9. The van der Waals surface area contributed by atoms with Gasteiger partial charge < -0.3 is 20.8 Å². The van der Waals surface area contributed by atoms with E-state index in [0.717, 1.165) is 6.07 Å². The number of aromatic carboxylic acids is 2. The number of carboxylic acid groups (broad SMARTS) is 2. The van der Waals surface area contributed by atoms with E-state index < -0.39 is 18.0 Å². The van der Waals surface area contributed by atoms with Crippen LogP contribution in [0.5, 0.6) is 0 Å². The topological polar surface area (TPSA) is 116 Å². The Kier molecular flexibility index (Phi) is 4.25. The number of urea groups is 1. The number of carbonyl (C=O) groups is 3. The normalized spacial score (nSPS) is 9.61. The average Bonchev–Trinajstić information content (AvgIpc) is 2.28. The third-order valence-corrected chi connectivity index (χ3v) is 2.02. The van der Waals surface area contributed by atoms with Gasteiger partial charge in [0.1, 0.15) is 0 Å². The molecule has 1 rings (SSSR count). The molecule has 0 radical (unpaired) electrons. The van der Waals surface area contributed by atoms with Crippen molar-refractivity contribution >= 4 is 23.7 Å². The molecule has 1 aromatic rings. The van der Waals surface area contributed by atoms with Gasteiger partial charge in [0.15, 0.2) is 0 Å². The van der Waals surface area contributed by atoms with Crippen LogP contribution in [0, 0.1) is 0 Å². The molecule has 0 spiro atoms. The van der Waals surface area contributed by atoms with Crippen molar-refractivity contribution in [1.82, 2.24) is 5.32 Å². The molecule has 4 N–H and O–H groups in total. The molecule has 0 aliphatic rings. The van der Waals surface area contributed by atoms with Crippen molar-refractivity contribution in [2.75, 3.05) is 11.9 Å². The van der Waals surface area contributed by atoms with E-state index >= 15 is 0 Å². The Morgan fingerprint density at radius 3 is 1.94 bits per heavy atom. The summed E-state index contributed by atoms with van der Waals surface area (Å²) in [6.07, 6.45) is 0. The molecule has 0 saturated carbocycles. The lowest BCUT2D eigenvalue weighted by molar-refractivity contribution is 0.0696. The van der Waals surface area contributed by atoms with Gasteiger partial charge in [-0.25, -0.2) is 14.4 Å². The Morgan fingerprint density at radius 1 is 1.06 bits per heavy atom. The fourth-order valence-corrected chi connectivity index (χ4v) is 1.28. The van der Waals surface area contributed by atoms with E-state index in [1.165, 1.54) is 12.1 Å². The van der Waals surface area contributed by atoms with Gasteiger partial charge in [0.25, 0.3) is 0 Å². The van der Waals surface area contributed by atoms with Crippen molar-refractivity contribution in [1.29, 1.82) is 0 Å². The molecule has 0 fully saturated rings. The van der Waals surface area contributed by atoms with Crippen LogP contribution in [0.15, 0.2) is 18.2 Å². The van der Waals surface area contributed by atoms with Crippen LogP contribution < -0.4 is 10.6 Å². The van der Waals surface area contributed by atoms with Crippen molar-refractivity contribution in [2.45, 2.75) is 6.92 Å². The highest BCUT2D eigenvalue weighted by Gasteiger charge is 2.12.